The SMILES string of the molecule is CC(C)(C)NS(=O)(=O)c1ccc(-c2ncc(CO)c(Nc3cc(C4CC4)[nH]n3)n2)s1. The lowest BCUT2D eigenvalue weighted by Crippen LogP contribution is -2.40. The fourth-order valence-corrected chi connectivity index (χ4v) is 5.58. The Bertz CT molecular complexity index is 1160. The summed E-state index contributed by atoms with van der Waals surface area (Å²) in [4.78, 5) is 9.41. The number of hydrogen-bond acceptors (Lipinski definition) is 8. The van der Waals surface area contributed by atoms with E-state index in [4.69, 9.17) is 0 Å². The zero-order valence-electron chi connectivity index (χ0n) is 16.9. The van der Waals surface area contributed by atoms with Gasteiger partial charge in [-0.05, 0) is 45.7 Å². The summed E-state index contributed by atoms with van der Waals surface area (Å²) in [5, 5.41) is 20.1. The van der Waals surface area contributed by atoms with Crippen LogP contribution in [-0.2, 0) is 16.6 Å². The van der Waals surface area contributed by atoms with E-state index in [0.717, 1.165) is 29.9 Å². The zero-order valence-corrected chi connectivity index (χ0v) is 18.6. The van der Waals surface area contributed by atoms with Crippen LogP contribution in [0.25, 0.3) is 10.7 Å². The lowest BCUT2D eigenvalue weighted by atomic mass is 10.1. The van der Waals surface area contributed by atoms with Crippen LogP contribution in [0.4, 0.5) is 11.6 Å². The van der Waals surface area contributed by atoms with Gasteiger partial charge in [0.2, 0.25) is 0 Å². The largest absolute Gasteiger partial charge is 0.391 e. The number of aliphatic hydroxyl groups excluding tert-OH is 1. The number of nitrogens with zero attached hydrogens (tertiary/aromatic N) is 3. The smallest absolute Gasteiger partial charge is 0.250 e. The zero-order chi connectivity index (χ0) is 21.5. The van der Waals surface area contributed by atoms with Crippen LogP contribution in [0, 0.1) is 0 Å². The molecule has 3 heterocycles. The summed E-state index contributed by atoms with van der Waals surface area (Å²) in [5.41, 5.74) is 1.02. The van der Waals surface area contributed by atoms with Crippen LogP contribution in [-0.4, -0.2) is 39.2 Å². The Morgan fingerprint density at radius 2 is 2.07 bits per heavy atom. The number of anilines is 2. The molecule has 160 valence electrons. The molecule has 0 atom stereocenters. The summed E-state index contributed by atoms with van der Waals surface area (Å²) in [7, 11) is -3.63. The third-order valence-electron chi connectivity index (χ3n) is 4.40. The maximum atomic E-state index is 12.6. The highest BCUT2D eigenvalue weighted by Gasteiger charge is 2.26. The molecule has 1 aliphatic carbocycles. The third-order valence-corrected chi connectivity index (χ3v) is 7.73. The molecule has 1 saturated carbocycles. The van der Waals surface area contributed by atoms with E-state index in [9.17, 15) is 13.5 Å². The molecule has 4 rings (SSSR count). The first-order chi connectivity index (χ1) is 14.1. The number of nitrogens with one attached hydrogen (secondary N) is 3. The number of aromatic amines is 1. The standard InChI is InChI=1S/C19H24N6O3S2/c1-19(2,3)25-30(27,28)16-7-6-14(29-16)18-20-9-12(10-26)17(22-18)21-15-8-13(23-24-15)11-4-5-11/h6-9,11,25-26H,4-5,10H2,1-3H3,(H2,20,21,22,23,24). The van der Waals surface area contributed by atoms with Gasteiger partial charge >= 0.3 is 0 Å². The average Bonchev–Trinajstić information content (AvgIpc) is 3.19. The maximum absolute atomic E-state index is 12.6. The van der Waals surface area contributed by atoms with Crippen LogP contribution in [0.5, 0.6) is 0 Å². The predicted octanol–water partition coefficient (Wildman–Crippen LogP) is 3.12. The highest BCUT2D eigenvalue weighted by atomic mass is 32.2. The van der Waals surface area contributed by atoms with E-state index in [2.05, 4.69) is 30.2 Å². The fraction of sp³-hybridized carbons (Fsp3) is 0.421. The van der Waals surface area contributed by atoms with E-state index in [1.807, 2.05) is 6.07 Å². The van der Waals surface area contributed by atoms with Crippen LogP contribution in [0.15, 0.2) is 28.6 Å². The minimum absolute atomic E-state index is 0.193. The third kappa shape index (κ3) is 4.69. The summed E-state index contributed by atoms with van der Waals surface area (Å²) in [6, 6.07) is 5.16. The van der Waals surface area contributed by atoms with Crippen molar-refractivity contribution < 1.29 is 13.5 Å². The molecular formula is C19H24N6O3S2. The van der Waals surface area contributed by atoms with E-state index in [1.165, 1.54) is 6.20 Å². The summed E-state index contributed by atoms with van der Waals surface area (Å²) < 4.78 is 28.0. The van der Waals surface area contributed by atoms with Gasteiger partial charge in [-0.15, -0.1) is 11.3 Å². The topological polar surface area (TPSA) is 133 Å². The second kappa shape index (κ2) is 7.73. The molecule has 1 aliphatic rings. The van der Waals surface area contributed by atoms with Crippen molar-refractivity contribution in [1.82, 2.24) is 24.9 Å². The Morgan fingerprint density at radius 1 is 1.30 bits per heavy atom. The fourth-order valence-electron chi connectivity index (χ4n) is 2.91. The van der Waals surface area contributed by atoms with Crippen molar-refractivity contribution in [1.29, 1.82) is 0 Å². The van der Waals surface area contributed by atoms with E-state index >= 15 is 0 Å². The Labute approximate surface area is 179 Å². The van der Waals surface area contributed by atoms with Gasteiger partial charge in [0.1, 0.15) is 10.0 Å². The molecule has 0 bridgehead atoms. The number of aromatic nitrogens is 4. The summed E-state index contributed by atoms with van der Waals surface area (Å²) in [6.07, 6.45) is 3.85. The Kier molecular flexibility index (Phi) is 5.39. The molecule has 3 aromatic rings. The van der Waals surface area contributed by atoms with Crippen LogP contribution in [0.1, 0.15) is 50.8 Å². The summed E-state index contributed by atoms with van der Waals surface area (Å²) >= 11 is 1.09. The van der Waals surface area contributed by atoms with Crippen LogP contribution < -0.4 is 10.0 Å². The highest BCUT2D eigenvalue weighted by molar-refractivity contribution is 7.91. The van der Waals surface area contributed by atoms with Crippen molar-refractivity contribution in [3.8, 4) is 10.7 Å². The predicted molar refractivity (Wildman–Crippen MR) is 115 cm³/mol. The van der Waals surface area contributed by atoms with Crippen LogP contribution in [0.3, 0.4) is 0 Å². The first-order valence-electron chi connectivity index (χ1n) is 9.58. The van der Waals surface area contributed by atoms with Gasteiger partial charge in [-0.1, -0.05) is 0 Å². The number of thiophene rings is 1. The van der Waals surface area contributed by atoms with E-state index < -0.39 is 15.6 Å². The van der Waals surface area contributed by atoms with Crippen molar-refractivity contribution in [3.63, 3.8) is 0 Å². The lowest BCUT2D eigenvalue weighted by molar-refractivity contribution is 0.281. The molecule has 1 fully saturated rings. The van der Waals surface area contributed by atoms with Gasteiger partial charge in [0.25, 0.3) is 10.0 Å². The molecule has 0 amide bonds. The normalized spacial score (nSPS) is 14.8. The summed E-state index contributed by atoms with van der Waals surface area (Å²) in [6.45, 7) is 5.13. The second-order valence-electron chi connectivity index (χ2n) is 8.31. The van der Waals surface area contributed by atoms with Gasteiger partial charge in [0, 0.05) is 35.0 Å². The van der Waals surface area contributed by atoms with E-state index in [0.29, 0.717) is 33.8 Å². The van der Waals surface area contributed by atoms with Crippen molar-refractivity contribution in [2.45, 2.75) is 55.9 Å². The first-order valence-corrected chi connectivity index (χ1v) is 11.9. The first kappa shape index (κ1) is 20.9. The number of rotatable bonds is 7. The quantitative estimate of drug-likeness (QED) is 0.436. The van der Waals surface area contributed by atoms with Gasteiger partial charge in [-0.3, -0.25) is 5.10 Å². The van der Waals surface area contributed by atoms with Gasteiger partial charge in [0.05, 0.1) is 11.5 Å². The van der Waals surface area contributed by atoms with Gasteiger partial charge in [-0.2, -0.15) is 5.10 Å². The maximum Gasteiger partial charge on any atom is 0.250 e. The number of aliphatic hydroxyl groups is 1. The monoisotopic (exact) mass is 448 g/mol. The van der Waals surface area contributed by atoms with Crippen molar-refractivity contribution in [3.05, 3.63) is 35.7 Å². The lowest BCUT2D eigenvalue weighted by Gasteiger charge is -2.19. The minimum Gasteiger partial charge on any atom is -0.391 e. The molecule has 9 nitrogen and oxygen atoms in total. The molecule has 0 aliphatic heterocycles. The minimum atomic E-state index is -3.63. The Hall–Kier alpha value is -2.34. The van der Waals surface area contributed by atoms with Crippen molar-refractivity contribution in [2.75, 3.05) is 5.32 Å². The average molecular weight is 449 g/mol. The Balaban J connectivity index is 1.60. The molecule has 11 heteroatoms. The number of hydrogen-bond donors (Lipinski definition) is 4. The second-order valence-corrected chi connectivity index (χ2v) is 11.3. The number of sulfonamides is 1. The van der Waals surface area contributed by atoms with Gasteiger partial charge < -0.3 is 10.4 Å². The van der Waals surface area contributed by atoms with Crippen molar-refractivity contribution >= 4 is 33.0 Å². The molecular weight excluding hydrogens is 424 g/mol. The van der Waals surface area contributed by atoms with Crippen LogP contribution in [0.2, 0.25) is 0 Å². The van der Waals surface area contributed by atoms with Crippen molar-refractivity contribution in [2.24, 2.45) is 0 Å². The number of H-pyrrole nitrogens is 1. The Morgan fingerprint density at radius 3 is 2.73 bits per heavy atom. The van der Waals surface area contributed by atoms with Gasteiger partial charge in [0.15, 0.2) is 11.6 Å². The molecule has 0 radical (unpaired) electrons. The van der Waals surface area contributed by atoms with E-state index in [-0.39, 0.29) is 10.8 Å². The van der Waals surface area contributed by atoms with Crippen LogP contribution >= 0.6 is 11.3 Å². The molecule has 4 N–H and O–H groups in total. The molecule has 0 unspecified atom stereocenters. The summed E-state index contributed by atoms with van der Waals surface area (Å²) in [5.74, 6) is 1.96. The van der Waals surface area contributed by atoms with E-state index in [1.54, 1.807) is 32.9 Å². The molecule has 3 aromatic heterocycles. The molecule has 0 saturated heterocycles. The molecule has 30 heavy (non-hydrogen) atoms. The van der Waals surface area contributed by atoms with Gasteiger partial charge in [-0.25, -0.2) is 23.1 Å². The molecule has 0 aromatic carbocycles. The highest BCUT2D eigenvalue weighted by Crippen LogP contribution is 2.39. The molecule has 0 spiro atoms.